The maximum Gasteiger partial charge on any atom is 0.233 e. The molecule has 0 fully saturated rings. The molecule has 0 unspecified atom stereocenters. The molecule has 0 atom stereocenters. The van der Waals surface area contributed by atoms with Crippen LogP contribution in [0.4, 0.5) is 0 Å². The number of amides is 1. The van der Waals surface area contributed by atoms with Crippen LogP contribution in [0.15, 0.2) is 17.5 Å². The van der Waals surface area contributed by atoms with Gasteiger partial charge in [-0.25, -0.2) is 5.84 Å². The monoisotopic (exact) mass is 269 g/mol. The number of rotatable bonds is 9. The Labute approximate surface area is 113 Å². The fraction of sp³-hybridized carbons (Fsp3) is 0.615. The summed E-state index contributed by atoms with van der Waals surface area (Å²) in [4.78, 5) is 14.8. The molecule has 0 aliphatic heterocycles. The van der Waals surface area contributed by atoms with Crippen LogP contribution < -0.4 is 11.3 Å². The summed E-state index contributed by atoms with van der Waals surface area (Å²) in [5.41, 5.74) is 2.16. The van der Waals surface area contributed by atoms with Crippen LogP contribution in [0.25, 0.3) is 0 Å². The number of hydrazine groups is 1. The maximum absolute atomic E-state index is 10.9. The molecule has 0 aliphatic carbocycles. The fourth-order valence-corrected chi connectivity index (χ4v) is 2.59. The number of nitrogens with zero attached hydrogens (tertiary/aromatic N) is 1. The number of nitrogens with two attached hydrogens (primary N) is 1. The van der Waals surface area contributed by atoms with Crippen molar-refractivity contribution in [3.05, 3.63) is 22.4 Å². The lowest BCUT2D eigenvalue weighted by atomic mass is 10.2. The molecule has 1 rings (SSSR count). The summed E-state index contributed by atoms with van der Waals surface area (Å²) >= 11 is 1.81. The minimum absolute atomic E-state index is 0.0686. The van der Waals surface area contributed by atoms with Gasteiger partial charge < -0.3 is 0 Å². The van der Waals surface area contributed by atoms with E-state index < -0.39 is 0 Å². The molecule has 1 heterocycles. The number of hydrogen-bond donors (Lipinski definition) is 2. The smallest absolute Gasteiger partial charge is 0.233 e. The lowest BCUT2D eigenvalue weighted by Crippen LogP contribution is -2.29. The van der Waals surface area contributed by atoms with E-state index in [0.29, 0.717) is 6.42 Å². The molecule has 3 N–H and O–H groups in total. The van der Waals surface area contributed by atoms with Crippen LogP contribution in [-0.2, 0) is 11.3 Å². The van der Waals surface area contributed by atoms with Crippen molar-refractivity contribution in [2.24, 2.45) is 5.84 Å². The van der Waals surface area contributed by atoms with Gasteiger partial charge in [0.25, 0.3) is 0 Å². The third-order valence-corrected chi connectivity index (χ3v) is 3.81. The van der Waals surface area contributed by atoms with Crippen LogP contribution in [0.2, 0.25) is 0 Å². The highest BCUT2D eigenvalue weighted by Crippen LogP contribution is 2.12. The van der Waals surface area contributed by atoms with Gasteiger partial charge in [-0.3, -0.25) is 15.1 Å². The number of nitrogens with one attached hydrogen (secondary N) is 1. The zero-order chi connectivity index (χ0) is 13.2. The molecule has 0 bridgehead atoms. The first kappa shape index (κ1) is 15.1. The first-order valence-electron chi connectivity index (χ1n) is 6.50. The van der Waals surface area contributed by atoms with Crippen LogP contribution in [0.1, 0.15) is 37.5 Å². The van der Waals surface area contributed by atoms with Crippen molar-refractivity contribution in [3.63, 3.8) is 0 Å². The SMILES string of the molecule is CCN(CCCCCC(=O)NN)Cc1cccs1. The van der Waals surface area contributed by atoms with Gasteiger partial charge in [0.1, 0.15) is 0 Å². The lowest BCUT2D eigenvalue weighted by molar-refractivity contribution is -0.121. The lowest BCUT2D eigenvalue weighted by Gasteiger charge is -2.19. The topological polar surface area (TPSA) is 58.4 Å². The molecular formula is C13H23N3OS. The molecule has 0 aliphatic rings. The Morgan fingerprint density at radius 1 is 1.44 bits per heavy atom. The summed E-state index contributed by atoms with van der Waals surface area (Å²) in [6.07, 6.45) is 3.67. The molecular weight excluding hydrogens is 246 g/mol. The molecule has 0 aromatic carbocycles. The summed E-state index contributed by atoms with van der Waals surface area (Å²) in [6, 6.07) is 4.28. The van der Waals surface area contributed by atoms with E-state index in [1.165, 1.54) is 4.88 Å². The molecule has 1 aromatic heterocycles. The molecule has 0 radical (unpaired) electrons. The van der Waals surface area contributed by atoms with Gasteiger partial charge in [0, 0.05) is 17.8 Å². The van der Waals surface area contributed by atoms with Crippen molar-refractivity contribution in [3.8, 4) is 0 Å². The van der Waals surface area contributed by atoms with Crippen LogP contribution in [-0.4, -0.2) is 23.9 Å². The summed E-state index contributed by atoms with van der Waals surface area (Å²) in [7, 11) is 0. The van der Waals surface area contributed by atoms with E-state index in [1.54, 1.807) is 0 Å². The van der Waals surface area contributed by atoms with Gasteiger partial charge in [0.2, 0.25) is 5.91 Å². The van der Waals surface area contributed by atoms with Crippen molar-refractivity contribution in [1.29, 1.82) is 0 Å². The first-order chi connectivity index (χ1) is 8.76. The highest BCUT2D eigenvalue weighted by atomic mass is 32.1. The molecule has 0 saturated carbocycles. The Morgan fingerprint density at radius 3 is 2.89 bits per heavy atom. The van der Waals surface area contributed by atoms with Crippen molar-refractivity contribution >= 4 is 17.2 Å². The summed E-state index contributed by atoms with van der Waals surface area (Å²) in [5.74, 6) is 4.96. The van der Waals surface area contributed by atoms with Crippen LogP contribution >= 0.6 is 11.3 Å². The highest BCUT2D eigenvalue weighted by Gasteiger charge is 2.04. The third-order valence-electron chi connectivity index (χ3n) is 2.95. The normalized spacial score (nSPS) is 10.8. The van der Waals surface area contributed by atoms with Crippen molar-refractivity contribution in [2.45, 2.75) is 39.2 Å². The number of hydrogen-bond acceptors (Lipinski definition) is 4. The van der Waals surface area contributed by atoms with E-state index >= 15 is 0 Å². The van der Waals surface area contributed by atoms with Crippen LogP contribution in [0, 0.1) is 0 Å². The largest absolute Gasteiger partial charge is 0.299 e. The number of thiophene rings is 1. The Balaban J connectivity index is 2.10. The molecule has 1 amide bonds. The fourth-order valence-electron chi connectivity index (χ4n) is 1.84. The average Bonchev–Trinajstić information content (AvgIpc) is 2.89. The zero-order valence-electron chi connectivity index (χ0n) is 11.0. The van der Waals surface area contributed by atoms with Crippen LogP contribution in [0.3, 0.4) is 0 Å². The maximum atomic E-state index is 10.9. The van der Waals surface area contributed by atoms with Gasteiger partial charge >= 0.3 is 0 Å². The van der Waals surface area contributed by atoms with E-state index in [2.05, 4.69) is 34.8 Å². The van der Waals surface area contributed by atoms with E-state index in [9.17, 15) is 4.79 Å². The van der Waals surface area contributed by atoms with Gasteiger partial charge in [0.05, 0.1) is 0 Å². The number of carbonyl (C=O) groups excluding carboxylic acids is 1. The summed E-state index contributed by atoms with van der Waals surface area (Å²) < 4.78 is 0. The number of carbonyl (C=O) groups is 1. The third kappa shape index (κ3) is 6.14. The van der Waals surface area contributed by atoms with E-state index in [0.717, 1.165) is 38.9 Å². The first-order valence-corrected chi connectivity index (χ1v) is 7.38. The molecule has 4 nitrogen and oxygen atoms in total. The Kier molecular flexibility index (Phi) is 7.64. The second kappa shape index (κ2) is 9.08. The summed E-state index contributed by atoms with van der Waals surface area (Å²) in [5, 5.41) is 2.12. The minimum atomic E-state index is -0.0686. The predicted octanol–water partition coefficient (Wildman–Crippen LogP) is 2.12. The quantitative estimate of drug-likeness (QED) is 0.312. The molecule has 1 aromatic rings. The molecule has 5 heteroatoms. The standard InChI is InChI=1S/C13H23N3OS/c1-2-16(11-12-7-6-10-18-12)9-5-3-4-8-13(17)15-14/h6-7,10H,2-5,8-9,11,14H2,1H3,(H,15,17). The second-order valence-corrected chi connectivity index (χ2v) is 5.36. The van der Waals surface area contributed by atoms with Gasteiger partial charge in [-0.05, 0) is 37.4 Å². The molecule has 0 spiro atoms. The van der Waals surface area contributed by atoms with Gasteiger partial charge in [-0.1, -0.05) is 19.4 Å². The van der Waals surface area contributed by atoms with Crippen molar-refractivity contribution in [2.75, 3.05) is 13.1 Å². The minimum Gasteiger partial charge on any atom is -0.299 e. The van der Waals surface area contributed by atoms with Gasteiger partial charge in [-0.15, -0.1) is 11.3 Å². The Bertz CT molecular complexity index is 327. The van der Waals surface area contributed by atoms with E-state index in [4.69, 9.17) is 5.84 Å². The molecule has 18 heavy (non-hydrogen) atoms. The van der Waals surface area contributed by atoms with Crippen LogP contribution in [0.5, 0.6) is 0 Å². The van der Waals surface area contributed by atoms with Gasteiger partial charge in [-0.2, -0.15) is 0 Å². The van der Waals surface area contributed by atoms with Crippen molar-refractivity contribution < 1.29 is 4.79 Å². The highest BCUT2D eigenvalue weighted by molar-refractivity contribution is 7.09. The second-order valence-electron chi connectivity index (χ2n) is 4.33. The molecule has 102 valence electrons. The van der Waals surface area contributed by atoms with Crippen molar-refractivity contribution in [1.82, 2.24) is 10.3 Å². The van der Waals surface area contributed by atoms with E-state index in [1.807, 2.05) is 11.3 Å². The average molecular weight is 269 g/mol. The zero-order valence-corrected chi connectivity index (χ0v) is 11.8. The predicted molar refractivity (Wildman–Crippen MR) is 76.1 cm³/mol. The molecule has 0 saturated heterocycles. The Hall–Kier alpha value is -0.910. The number of unbranched alkanes of at least 4 members (excludes halogenated alkanes) is 2. The van der Waals surface area contributed by atoms with Gasteiger partial charge in [0.15, 0.2) is 0 Å². The van der Waals surface area contributed by atoms with E-state index in [-0.39, 0.29) is 5.91 Å². The summed E-state index contributed by atoms with van der Waals surface area (Å²) in [6.45, 7) is 5.40. The Morgan fingerprint density at radius 2 is 2.28 bits per heavy atom.